The van der Waals surface area contributed by atoms with Crippen molar-refractivity contribution in [2.75, 3.05) is 18.0 Å². The lowest BCUT2D eigenvalue weighted by Crippen LogP contribution is -2.47. The molecule has 2 aromatic heterocycles. The van der Waals surface area contributed by atoms with Gasteiger partial charge in [0.2, 0.25) is 0 Å². The molecule has 6 nitrogen and oxygen atoms in total. The Morgan fingerprint density at radius 3 is 2.69 bits per heavy atom. The SMILES string of the molecule is Cc1nc(N2CCC3(CCCC3N)CC2)c(CO)nc1Sc1ccnc(Cl)c1Cl. The van der Waals surface area contributed by atoms with Crippen LogP contribution in [-0.2, 0) is 6.61 Å². The lowest BCUT2D eigenvalue weighted by Gasteiger charge is -2.42. The predicted molar refractivity (Wildman–Crippen MR) is 117 cm³/mol. The summed E-state index contributed by atoms with van der Waals surface area (Å²) in [4.78, 5) is 16.5. The van der Waals surface area contributed by atoms with Crippen molar-refractivity contribution >= 4 is 40.8 Å². The van der Waals surface area contributed by atoms with Crippen LogP contribution in [0.4, 0.5) is 5.82 Å². The second-order valence-corrected chi connectivity index (χ2v) is 9.67. The summed E-state index contributed by atoms with van der Waals surface area (Å²) >= 11 is 13.7. The lowest BCUT2D eigenvalue weighted by molar-refractivity contribution is 0.196. The van der Waals surface area contributed by atoms with E-state index in [-0.39, 0.29) is 17.2 Å². The van der Waals surface area contributed by atoms with E-state index in [0.717, 1.165) is 48.8 Å². The Balaban J connectivity index is 1.56. The van der Waals surface area contributed by atoms with Crippen LogP contribution in [0.25, 0.3) is 0 Å². The Kier molecular flexibility index (Phi) is 6.23. The molecular weight excluding hydrogens is 429 g/mol. The zero-order valence-corrected chi connectivity index (χ0v) is 18.7. The number of aryl methyl sites for hydroxylation is 1. The molecule has 0 bridgehead atoms. The van der Waals surface area contributed by atoms with Crippen LogP contribution < -0.4 is 10.6 Å². The van der Waals surface area contributed by atoms with Crippen molar-refractivity contribution in [2.24, 2.45) is 11.1 Å². The van der Waals surface area contributed by atoms with Crippen molar-refractivity contribution in [2.45, 2.75) is 61.6 Å². The largest absolute Gasteiger partial charge is 0.390 e. The average Bonchev–Trinajstić information content (AvgIpc) is 3.07. The highest BCUT2D eigenvalue weighted by Gasteiger charge is 2.43. The van der Waals surface area contributed by atoms with Crippen molar-refractivity contribution < 1.29 is 5.11 Å². The third kappa shape index (κ3) is 4.08. The van der Waals surface area contributed by atoms with Crippen LogP contribution in [0, 0.1) is 12.3 Å². The number of hydrogen-bond donors (Lipinski definition) is 2. The van der Waals surface area contributed by atoms with Gasteiger partial charge in [-0.25, -0.2) is 15.0 Å². The second kappa shape index (κ2) is 8.55. The number of halogens is 2. The van der Waals surface area contributed by atoms with E-state index in [4.69, 9.17) is 38.9 Å². The maximum atomic E-state index is 9.96. The standard InChI is InChI=1S/C20H25Cl2N5OS/c1-12-19(29-14-4-8-24-17(22)16(14)21)26-13(11-28)18(25-12)27-9-6-20(7-10-27)5-2-3-15(20)23/h4,8,15,28H,2-3,5-7,9-11,23H2,1H3. The molecule has 9 heteroatoms. The minimum atomic E-state index is -0.165. The highest BCUT2D eigenvalue weighted by atomic mass is 35.5. The molecule has 1 unspecified atom stereocenters. The van der Waals surface area contributed by atoms with Crippen molar-refractivity contribution in [3.63, 3.8) is 0 Å². The number of aliphatic hydroxyl groups excluding tert-OH is 1. The molecule has 0 aromatic carbocycles. The van der Waals surface area contributed by atoms with E-state index in [1.165, 1.54) is 24.6 Å². The molecule has 1 saturated carbocycles. The first-order chi connectivity index (χ1) is 13.9. The molecule has 4 rings (SSSR count). The number of nitrogens with zero attached hydrogens (tertiary/aromatic N) is 4. The van der Waals surface area contributed by atoms with Crippen molar-refractivity contribution in [3.05, 3.63) is 33.8 Å². The number of aromatic nitrogens is 3. The summed E-state index contributed by atoms with van der Waals surface area (Å²) in [5.74, 6) is 0.773. The fraction of sp³-hybridized carbons (Fsp3) is 0.550. The minimum absolute atomic E-state index is 0.165. The average molecular weight is 454 g/mol. The molecule has 2 fully saturated rings. The Hall–Kier alpha value is -1.12. The van der Waals surface area contributed by atoms with E-state index in [1.807, 2.05) is 6.92 Å². The number of piperidine rings is 1. The Morgan fingerprint density at radius 2 is 2.03 bits per heavy atom. The third-order valence-electron chi connectivity index (χ3n) is 6.28. The monoisotopic (exact) mass is 453 g/mol. The Morgan fingerprint density at radius 1 is 1.28 bits per heavy atom. The molecule has 2 aromatic rings. The molecule has 0 radical (unpaired) electrons. The van der Waals surface area contributed by atoms with E-state index in [2.05, 4.69) is 9.88 Å². The predicted octanol–water partition coefficient (Wildman–Crippen LogP) is 4.23. The first kappa shape index (κ1) is 21.1. The molecule has 2 aliphatic rings. The molecule has 29 heavy (non-hydrogen) atoms. The summed E-state index contributed by atoms with van der Waals surface area (Å²) in [6.45, 7) is 3.55. The van der Waals surface area contributed by atoms with Crippen LogP contribution in [0.3, 0.4) is 0 Å². The van der Waals surface area contributed by atoms with Crippen molar-refractivity contribution in [3.8, 4) is 0 Å². The van der Waals surface area contributed by atoms with Gasteiger partial charge in [0.15, 0.2) is 5.82 Å². The van der Waals surface area contributed by atoms with Crippen molar-refractivity contribution in [1.29, 1.82) is 0 Å². The number of anilines is 1. The fourth-order valence-corrected chi connectivity index (χ4v) is 5.83. The molecule has 1 atom stereocenters. The molecule has 3 heterocycles. The number of rotatable bonds is 4. The normalized spacial score (nSPS) is 21.1. The highest BCUT2D eigenvalue weighted by Crippen LogP contribution is 2.46. The minimum Gasteiger partial charge on any atom is -0.390 e. The maximum Gasteiger partial charge on any atom is 0.153 e. The lowest BCUT2D eigenvalue weighted by atomic mass is 9.74. The molecule has 1 aliphatic carbocycles. The second-order valence-electron chi connectivity index (χ2n) is 7.91. The molecule has 1 saturated heterocycles. The number of hydrogen-bond acceptors (Lipinski definition) is 7. The van der Waals surface area contributed by atoms with E-state index >= 15 is 0 Å². The molecule has 0 amide bonds. The highest BCUT2D eigenvalue weighted by molar-refractivity contribution is 7.99. The summed E-state index contributed by atoms with van der Waals surface area (Å²) in [7, 11) is 0. The van der Waals surface area contributed by atoms with Gasteiger partial charge in [0.25, 0.3) is 0 Å². The van der Waals surface area contributed by atoms with Crippen LogP contribution in [0.15, 0.2) is 22.2 Å². The summed E-state index contributed by atoms with van der Waals surface area (Å²) in [6.07, 6.45) is 7.34. The van der Waals surface area contributed by atoms with Crippen LogP contribution in [0.5, 0.6) is 0 Å². The summed E-state index contributed by atoms with van der Waals surface area (Å²) in [5, 5.41) is 11.3. The topological polar surface area (TPSA) is 88.2 Å². The fourth-order valence-electron chi connectivity index (χ4n) is 4.52. The number of nitrogens with two attached hydrogens (primary N) is 1. The first-order valence-corrected chi connectivity index (χ1v) is 11.5. The van der Waals surface area contributed by atoms with E-state index < -0.39 is 0 Å². The quantitative estimate of drug-likeness (QED) is 0.669. The summed E-state index contributed by atoms with van der Waals surface area (Å²) < 4.78 is 0. The molecule has 3 N–H and O–H groups in total. The molecule has 1 aliphatic heterocycles. The molecule has 1 spiro atoms. The van der Waals surface area contributed by atoms with Gasteiger partial charge in [-0.1, -0.05) is 41.4 Å². The van der Waals surface area contributed by atoms with Gasteiger partial charge >= 0.3 is 0 Å². The van der Waals surface area contributed by atoms with Crippen LogP contribution in [0.2, 0.25) is 10.2 Å². The summed E-state index contributed by atoms with van der Waals surface area (Å²) in [5.41, 5.74) is 8.07. The van der Waals surface area contributed by atoms with Gasteiger partial charge in [-0.2, -0.15) is 0 Å². The van der Waals surface area contributed by atoms with Crippen LogP contribution in [-0.4, -0.2) is 39.2 Å². The smallest absolute Gasteiger partial charge is 0.153 e. The Labute approximate surface area is 185 Å². The van der Waals surface area contributed by atoms with E-state index in [9.17, 15) is 5.11 Å². The number of aliphatic hydroxyl groups is 1. The van der Waals surface area contributed by atoms with E-state index in [1.54, 1.807) is 12.3 Å². The van der Waals surface area contributed by atoms with Crippen LogP contribution >= 0.6 is 35.0 Å². The van der Waals surface area contributed by atoms with Crippen LogP contribution in [0.1, 0.15) is 43.5 Å². The first-order valence-electron chi connectivity index (χ1n) is 9.90. The van der Waals surface area contributed by atoms with Gasteiger partial charge in [-0.3, -0.25) is 0 Å². The van der Waals surface area contributed by atoms with Crippen molar-refractivity contribution in [1.82, 2.24) is 15.0 Å². The molecule has 156 valence electrons. The van der Waals surface area contributed by atoms with Gasteiger partial charge in [0.1, 0.15) is 15.9 Å². The number of pyridine rings is 1. The zero-order chi connectivity index (χ0) is 20.6. The molecular formula is C20H25Cl2N5OS. The van der Waals surface area contributed by atoms with Gasteiger partial charge in [-0.05, 0) is 44.1 Å². The Bertz CT molecular complexity index is 905. The van der Waals surface area contributed by atoms with Gasteiger partial charge in [0.05, 0.1) is 17.3 Å². The van der Waals surface area contributed by atoms with E-state index in [0.29, 0.717) is 21.8 Å². The van der Waals surface area contributed by atoms with Gasteiger partial charge in [-0.15, -0.1) is 0 Å². The van der Waals surface area contributed by atoms with Gasteiger partial charge < -0.3 is 15.7 Å². The zero-order valence-electron chi connectivity index (χ0n) is 16.4. The van der Waals surface area contributed by atoms with Gasteiger partial charge in [0, 0.05) is 30.2 Å². The summed E-state index contributed by atoms with van der Waals surface area (Å²) in [6, 6.07) is 2.10. The maximum absolute atomic E-state index is 9.96. The third-order valence-corrected chi connectivity index (χ3v) is 8.30.